The molecule has 2 aromatic rings. The minimum atomic E-state index is -4.34. The van der Waals surface area contributed by atoms with Crippen LogP contribution in [0.5, 0.6) is 0 Å². The second kappa shape index (κ2) is 9.51. The Kier molecular flexibility index (Phi) is 7.30. The molecular weight excluding hydrogens is 432 g/mol. The number of nitrogens with zero attached hydrogens (tertiary/aromatic N) is 1. The van der Waals surface area contributed by atoms with Crippen LogP contribution in [-0.2, 0) is 31.4 Å². The van der Waals surface area contributed by atoms with Gasteiger partial charge < -0.3 is 10.6 Å². The van der Waals surface area contributed by atoms with Crippen molar-refractivity contribution < 1.29 is 26.2 Å². The Labute approximate surface area is 173 Å². The van der Waals surface area contributed by atoms with Gasteiger partial charge in [0.25, 0.3) is 16.0 Å². The monoisotopic (exact) mass is 450 g/mol. The molecule has 30 heavy (non-hydrogen) atoms. The Balaban J connectivity index is 1.92. The molecular formula is C18H18N4O6S2. The van der Waals surface area contributed by atoms with E-state index in [4.69, 9.17) is 15.0 Å². The van der Waals surface area contributed by atoms with E-state index in [1.807, 2.05) is 0 Å². The maximum Gasteiger partial charge on any atom is 0.294 e. The van der Waals surface area contributed by atoms with Gasteiger partial charge in [-0.05, 0) is 48.4 Å². The van der Waals surface area contributed by atoms with E-state index in [1.165, 1.54) is 30.5 Å². The Bertz CT molecular complexity index is 1200. The number of primary sulfonamides is 1. The minimum Gasteiger partial charge on any atom is -0.389 e. The lowest BCUT2D eigenvalue weighted by atomic mass is 10.1. The molecule has 158 valence electrons. The number of amides is 1. The van der Waals surface area contributed by atoms with Crippen LogP contribution in [0.25, 0.3) is 0 Å². The van der Waals surface area contributed by atoms with Crippen LogP contribution in [0, 0.1) is 11.3 Å². The van der Waals surface area contributed by atoms with Crippen LogP contribution in [0.15, 0.2) is 70.1 Å². The van der Waals surface area contributed by atoms with E-state index in [1.54, 1.807) is 18.2 Å². The average molecular weight is 450 g/mol. The minimum absolute atomic E-state index is 0.00663. The molecule has 1 amide bonds. The third-order valence-corrected chi connectivity index (χ3v) is 5.63. The van der Waals surface area contributed by atoms with E-state index in [0.29, 0.717) is 13.0 Å². The molecule has 0 saturated heterocycles. The van der Waals surface area contributed by atoms with Crippen molar-refractivity contribution in [3.63, 3.8) is 0 Å². The number of anilines is 1. The van der Waals surface area contributed by atoms with Crippen LogP contribution in [0.1, 0.15) is 5.56 Å². The summed E-state index contributed by atoms with van der Waals surface area (Å²) in [5, 5.41) is 19.4. The number of hydrogen-bond acceptors (Lipinski definition) is 7. The Morgan fingerprint density at radius 3 is 2.10 bits per heavy atom. The van der Waals surface area contributed by atoms with Crippen molar-refractivity contribution in [2.75, 3.05) is 11.9 Å². The fraction of sp³-hybridized carbons (Fsp3) is 0.111. The van der Waals surface area contributed by atoms with E-state index in [-0.39, 0.29) is 21.1 Å². The van der Waals surface area contributed by atoms with Crippen LogP contribution < -0.4 is 15.8 Å². The van der Waals surface area contributed by atoms with E-state index < -0.39 is 26.0 Å². The molecule has 0 aliphatic heterocycles. The standard InChI is InChI=1S/C18H18N4O6S2/c19-11-14(18(23)22-15-3-7-17(8-4-15)30(26,27)28)12-21-10-9-13-1-5-16(6-2-13)29(20,24)25/h1-8,12,21H,9-10H2,(H,22,23)(H2,20,24,25)(H,26,27,28)/b14-12-. The molecule has 2 aromatic carbocycles. The predicted octanol–water partition coefficient (Wildman–Crippen LogP) is 0.759. The summed E-state index contributed by atoms with van der Waals surface area (Å²) < 4.78 is 53.4. The number of nitrogens with two attached hydrogens (primary N) is 1. The molecule has 0 radical (unpaired) electrons. The summed E-state index contributed by atoms with van der Waals surface area (Å²) in [7, 11) is -8.09. The first-order valence-corrected chi connectivity index (χ1v) is 11.3. The molecule has 0 bridgehead atoms. The lowest BCUT2D eigenvalue weighted by molar-refractivity contribution is -0.112. The number of benzene rings is 2. The number of rotatable bonds is 8. The lowest BCUT2D eigenvalue weighted by Crippen LogP contribution is -2.18. The molecule has 0 aromatic heterocycles. The van der Waals surface area contributed by atoms with Gasteiger partial charge in [0.05, 0.1) is 9.79 Å². The number of carbonyl (C=O) groups excluding carboxylic acids is 1. The molecule has 0 unspecified atom stereocenters. The molecule has 0 spiro atoms. The van der Waals surface area contributed by atoms with Crippen LogP contribution in [-0.4, -0.2) is 33.8 Å². The first-order valence-electron chi connectivity index (χ1n) is 8.35. The van der Waals surface area contributed by atoms with E-state index in [2.05, 4.69) is 10.6 Å². The molecule has 5 N–H and O–H groups in total. The van der Waals surface area contributed by atoms with Gasteiger partial charge in [0.2, 0.25) is 10.0 Å². The summed E-state index contributed by atoms with van der Waals surface area (Å²) >= 11 is 0. The molecule has 0 saturated carbocycles. The van der Waals surface area contributed by atoms with E-state index >= 15 is 0 Å². The van der Waals surface area contributed by atoms with Gasteiger partial charge in [-0.15, -0.1) is 0 Å². The normalized spacial score (nSPS) is 12.1. The van der Waals surface area contributed by atoms with Crippen molar-refractivity contribution in [1.82, 2.24) is 5.32 Å². The highest BCUT2D eigenvalue weighted by atomic mass is 32.2. The second-order valence-corrected chi connectivity index (χ2v) is 9.00. The number of hydrogen-bond donors (Lipinski definition) is 4. The summed E-state index contributed by atoms with van der Waals surface area (Å²) in [6.45, 7) is 0.371. The number of sulfonamides is 1. The number of carbonyl (C=O) groups is 1. The fourth-order valence-corrected chi connectivity index (χ4v) is 3.29. The summed E-state index contributed by atoms with van der Waals surface area (Å²) in [4.78, 5) is 11.8. The molecule has 2 rings (SSSR count). The highest BCUT2D eigenvalue weighted by Gasteiger charge is 2.12. The van der Waals surface area contributed by atoms with Gasteiger partial charge in [0.1, 0.15) is 11.6 Å². The maximum absolute atomic E-state index is 12.1. The smallest absolute Gasteiger partial charge is 0.294 e. The third kappa shape index (κ3) is 6.68. The lowest BCUT2D eigenvalue weighted by Gasteiger charge is -2.06. The summed E-state index contributed by atoms with van der Waals surface area (Å²) in [6, 6.07) is 12.5. The van der Waals surface area contributed by atoms with Gasteiger partial charge in [-0.2, -0.15) is 13.7 Å². The average Bonchev–Trinajstić information content (AvgIpc) is 2.67. The summed E-state index contributed by atoms with van der Waals surface area (Å²) in [5.74, 6) is -0.706. The van der Waals surface area contributed by atoms with Gasteiger partial charge in [0, 0.05) is 18.4 Å². The number of nitriles is 1. The maximum atomic E-state index is 12.1. The molecule has 12 heteroatoms. The molecule has 0 fully saturated rings. The third-order valence-electron chi connectivity index (χ3n) is 3.83. The van der Waals surface area contributed by atoms with Crippen molar-refractivity contribution >= 4 is 31.7 Å². The second-order valence-electron chi connectivity index (χ2n) is 6.02. The van der Waals surface area contributed by atoms with Crippen LogP contribution in [0.3, 0.4) is 0 Å². The zero-order valence-electron chi connectivity index (χ0n) is 15.4. The highest BCUT2D eigenvalue weighted by Crippen LogP contribution is 2.14. The van der Waals surface area contributed by atoms with E-state index in [9.17, 15) is 21.6 Å². The zero-order chi connectivity index (χ0) is 22.4. The van der Waals surface area contributed by atoms with Crippen molar-refractivity contribution in [2.45, 2.75) is 16.2 Å². The SMILES string of the molecule is N#C/C(=C/NCCc1ccc(S(N)(=O)=O)cc1)C(=O)Nc1ccc(S(=O)(=O)O)cc1. The topological polar surface area (TPSA) is 179 Å². The Morgan fingerprint density at radius 1 is 1.03 bits per heavy atom. The van der Waals surface area contributed by atoms with Gasteiger partial charge >= 0.3 is 0 Å². The first-order chi connectivity index (χ1) is 14.0. The summed E-state index contributed by atoms with van der Waals surface area (Å²) in [5.41, 5.74) is 0.854. The fourth-order valence-electron chi connectivity index (χ4n) is 2.29. The Hall–Kier alpha value is -3.24. The predicted molar refractivity (Wildman–Crippen MR) is 108 cm³/mol. The molecule has 10 nitrogen and oxygen atoms in total. The van der Waals surface area contributed by atoms with Crippen molar-refractivity contribution in [2.24, 2.45) is 5.14 Å². The van der Waals surface area contributed by atoms with Crippen LogP contribution in [0.4, 0.5) is 5.69 Å². The van der Waals surface area contributed by atoms with Gasteiger partial charge in [-0.3, -0.25) is 9.35 Å². The van der Waals surface area contributed by atoms with Gasteiger partial charge in [-0.25, -0.2) is 13.6 Å². The zero-order valence-corrected chi connectivity index (χ0v) is 17.1. The van der Waals surface area contributed by atoms with Gasteiger partial charge in [-0.1, -0.05) is 12.1 Å². The van der Waals surface area contributed by atoms with Crippen molar-refractivity contribution in [3.05, 3.63) is 65.9 Å². The van der Waals surface area contributed by atoms with Crippen LogP contribution >= 0.6 is 0 Å². The van der Waals surface area contributed by atoms with Crippen LogP contribution in [0.2, 0.25) is 0 Å². The van der Waals surface area contributed by atoms with E-state index in [0.717, 1.165) is 17.7 Å². The molecule has 0 aliphatic rings. The largest absolute Gasteiger partial charge is 0.389 e. The molecule has 0 aliphatic carbocycles. The van der Waals surface area contributed by atoms with Crippen molar-refractivity contribution in [3.8, 4) is 6.07 Å². The Morgan fingerprint density at radius 2 is 1.60 bits per heavy atom. The summed E-state index contributed by atoms with van der Waals surface area (Å²) in [6.07, 6.45) is 1.74. The molecule has 0 atom stereocenters. The first kappa shape index (κ1) is 23.0. The molecule has 0 heterocycles. The van der Waals surface area contributed by atoms with Crippen molar-refractivity contribution in [1.29, 1.82) is 5.26 Å². The highest BCUT2D eigenvalue weighted by molar-refractivity contribution is 7.89. The number of nitrogens with one attached hydrogen (secondary N) is 2. The quantitative estimate of drug-likeness (QED) is 0.197. The van der Waals surface area contributed by atoms with Gasteiger partial charge in [0.15, 0.2) is 0 Å².